The van der Waals surface area contributed by atoms with Gasteiger partial charge in [-0.15, -0.1) is 0 Å². The quantitative estimate of drug-likeness (QED) is 0.660. The molecule has 0 radical (unpaired) electrons. The van der Waals surface area contributed by atoms with E-state index >= 15 is 0 Å². The van der Waals surface area contributed by atoms with Crippen molar-refractivity contribution in [2.45, 2.75) is 30.6 Å². The van der Waals surface area contributed by atoms with Crippen LogP contribution in [0, 0.1) is 0 Å². The minimum atomic E-state index is -6.58. The molecule has 0 saturated carbocycles. The molecule has 0 nitrogen and oxygen atoms in total. The fourth-order valence-corrected chi connectivity index (χ4v) is 0.506. The third kappa shape index (κ3) is 2.88. The average molecular weight is 252 g/mol. The Hall–Kier alpha value is -0.700. The summed E-state index contributed by atoms with van der Waals surface area (Å²) >= 11 is 0. The summed E-state index contributed by atoms with van der Waals surface area (Å²) in [5.74, 6) is -6.39. The van der Waals surface area contributed by atoms with Crippen LogP contribution in [0.1, 0.15) is 0 Å². The lowest BCUT2D eigenvalue weighted by Gasteiger charge is -2.26. The topological polar surface area (TPSA) is 0 Å². The fourth-order valence-electron chi connectivity index (χ4n) is 0.506. The van der Waals surface area contributed by atoms with Crippen LogP contribution in [0.3, 0.4) is 0 Å². The van der Waals surface area contributed by atoms with Crippen molar-refractivity contribution in [3.8, 4) is 0 Å². The van der Waals surface area contributed by atoms with Crippen LogP contribution in [-0.4, -0.2) is 30.6 Å². The lowest BCUT2D eigenvalue weighted by atomic mass is 10.1. The number of alkyl halides is 10. The monoisotopic (exact) mass is 252 g/mol. The van der Waals surface area contributed by atoms with Crippen molar-refractivity contribution >= 4 is 0 Å². The zero-order valence-electron chi connectivity index (χ0n) is 6.43. The van der Waals surface area contributed by atoms with Crippen LogP contribution in [0.2, 0.25) is 0 Å². The van der Waals surface area contributed by atoms with Crippen molar-refractivity contribution in [1.29, 1.82) is 0 Å². The second-order valence-electron chi connectivity index (χ2n) is 2.47. The summed E-state index contributed by atoms with van der Waals surface area (Å²) in [5, 5.41) is 0. The lowest BCUT2D eigenvalue weighted by molar-refractivity contribution is -0.324. The summed E-state index contributed by atoms with van der Waals surface area (Å²) in [7, 11) is 0. The van der Waals surface area contributed by atoms with E-state index in [9.17, 15) is 43.9 Å². The SMILES string of the molecule is F[C@@H]([C@H](F)C(F)(F)C(F)(F)F)C(F)(F)F. The largest absolute Gasteiger partial charge is 0.456 e. The Kier molecular flexibility index (Phi) is 3.53. The van der Waals surface area contributed by atoms with Crippen LogP contribution in [0.15, 0.2) is 0 Å². The number of halogens is 10. The third-order valence-corrected chi connectivity index (χ3v) is 1.29. The third-order valence-electron chi connectivity index (χ3n) is 1.29. The molecular weight excluding hydrogens is 250 g/mol. The maximum Gasteiger partial charge on any atom is 0.456 e. The van der Waals surface area contributed by atoms with Crippen LogP contribution < -0.4 is 0 Å². The van der Waals surface area contributed by atoms with Crippen molar-refractivity contribution in [2.75, 3.05) is 0 Å². The molecule has 0 aromatic rings. The summed E-state index contributed by atoms with van der Waals surface area (Å²) in [6, 6.07) is 0. The van der Waals surface area contributed by atoms with Crippen LogP contribution >= 0.6 is 0 Å². The van der Waals surface area contributed by atoms with E-state index < -0.39 is 30.6 Å². The van der Waals surface area contributed by atoms with Crippen LogP contribution in [0.4, 0.5) is 43.9 Å². The predicted molar refractivity (Wildman–Crippen MR) is 26.8 cm³/mol. The highest BCUT2D eigenvalue weighted by molar-refractivity contribution is 4.91. The van der Waals surface area contributed by atoms with Crippen LogP contribution in [-0.2, 0) is 0 Å². The molecule has 0 spiro atoms. The molecule has 10 heteroatoms. The first-order chi connectivity index (χ1) is 6.32. The maximum atomic E-state index is 12.0. The van der Waals surface area contributed by atoms with Gasteiger partial charge in [0.15, 0.2) is 0 Å². The summed E-state index contributed by atoms with van der Waals surface area (Å²) in [6.45, 7) is 0. The average Bonchev–Trinajstić information content (AvgIpc) is 1.97. The molecule has 0 unspecified atom stereocenters. The summed E-state index contributed by atoms with van der Waals surface area (Å²) in [6.07, 6.45) is -22.6. The van der Waals surface area contributed by atoms with E-state index in [1.807, 2.05) is 0 Å². The normalized spacial score (nSPS) is 18.8. The van der Waals surface area contributed by atoms with Crippen LogP contribution in [0.25, 0.3) is 0 Å². The first-order valence-electron chi connectivity index (χ1n) is 3.11. The van der Waals surface area contributed by atoms with E-state index in [0.29, 0.717) is 0 Å². The van der Waals surface area contributed by atoms with E-state index in [4.69, 9.17) is 0 Å². The number of rotatable bonds is 2. The summed E-state index contributed by atoms with van der Waals surface area (Å²) < 4.78 is 115. The van der Waals surface area contributed by atoms with E-state index in [1.165, 1.54) is 0 Å². The molecule has 0 aromatic carbocycles. The van der Waals surface area contributed by atoms with E-state index in [1.54, 1.807) is 0 Å². The molecule has 92 valence electrons. The first-order valence-corrected chi connectivity index (χ1v) is 3.11. The Morgan fingerprint density at radius 3 is 1.13 bits per heavy atom. The standard InChI is InChI=1S/C5H2F10/c6-1(2(7)4(10,11)12)3(8,9)5(13,14)15/h1-2H/t1-,2-/m0/s1. The molecule has 0 bridgehead atoms. The van der Waals surface area contributed by atoms with Crippen molar-refractivity contribution in [2.24, 2.45) is 0 Å². The molecule has 0 amide bonds. The Morgan fingerprint density at radius 1 is 0.600 bits per heavy atom. The van der Waals surface area contributed by atoms with Gasteiger partial charge in [-0.2, -0.15) is 35.1 Å². The van der Waals surface area contributed by atoms with Gasteiger partial charge in [0.25, 0.3) is 0 Å². The molecular formula is C5H2F10. The predicted octanol–water partition coefficient (Wildman–Crippen LogP) is 3.42. The molecule has 0 aliphatic heterocycles. The second kappa shape index (κ2) is 3.71. The van der Waals surface area contributed by atoms with Gasteiger partial charge in [-0.1, -0.05) is 0 Å². The number of hydrogen-bond acceptors (Lipinski definition) is 0. The van der Waals surface area contributed by atoms with Gasteiger partial charge in [-0.05, 0) is 0 Å². The van der Waals surface area contributed by atoms with E-state index in [-0.39, 0.29) is 0 Å². The van der Waals surface area contributed by atoms with Gasteiger partial charge in [0.1, 0.15) is 0 Å². The fraction of sp³-hybridized carbons (Fsp3) is 1.00. The summed E-state index contributed by atoms with van der Waals surface area (Å²) in [4.78, 5) is 0. The molecule has 0 saturated heterocycles. The Bertz CT molecular complexity index is 211. The van der Waals surface area contributed by atoms with Gasteiger partial charge < -0.3 is 0 Å². The highest BCUT2D eigenvalue weighted by Gasteiger charge is 2.69. The van der Waals surface area contributed by atoms with Gasteiger partial charge in [0, 0.05) is 0 Å². The second-order valence-corrected chi connectivity index (χ2v) is 2.47. The van der Waals surface area contributed by atoms with Crippen molar-refractivity contribution in [3.05, 3.63) is 0 Å². The minimum Gasteiger partial charge on any atom is -0.237 e. The first kappa shape index (κ1) is 14.3. The van der Waals surface area contributed by atoms with Crippen LogP contribution in [0.5, 0.6) is 0 Å². The summed E-state index contributed by atoms with van der Waals surface area (Å²) in [5.41, 5.74) is 0. The molecule has 2 atom stereocenters. The van der Waals surface area contributed by atoms with E-state index in [0.717, 1.165) is 0 Å². The maximum absolute atomic E-state index is 12.0. The van der Waals surface area contributed by atoms with Gasteiger partial charge in [-0.25, -0.2) is 8.78 Å². The van der Waals surface area contributed by atoms with E-state index in [2.05, 4.69) is 0 Å². The van der Waals surface area contributed by atoms with Gasteiger partial charge in [0.2, 0.25) is 12.3 Å². The Morgan fingerprint density at radius 2 is 0.933 bits per heavy atom. The highest BCUT2D eigenvalue weighted by atomic mass is 19.4. The molecule has 0 heterocycles. The van der Waals surface area contributed by atoms with Crippen molar-refractivity contribution in [3.63, 3.8) is 0 Å². The molecule has 0 aliphatic carbocycles. The van der Waals surface area contributed by atoms with Gasteiger partial charge in [-0.3, -0.25) is 0 Å². The van der Waals surface area contributed by atoms with Crippen molar-refractivity contribution in [1.82, 2.24) is 0 Å². The van der Waals surface area contributed by atoms with Crippen molar-refractivity contribution < 1.29 is 43.9 Å². The number of hydrogen-bond donors (Lipinski definition) is 0. The highest BCUT2D eigenvalue weighted by Crippen LogP contribution is 2.43. The zero-order valence-corrected chi connectivity index (χ0v) is 6.43. The molecule has 0 N–H and O–H groups in total. The Labute approximate surface area is 75.9 Å². The zero-order chi connectivity index (χ0) is 12.7. The molecule has 0 aliphatic rings. The smallest absolute Gasteiger partial charge is 0.237 e. The molecule has 0 rings (SSSR count). The molecule has 0 fully saturated rings. The molecule has 0 aromatic heterocycles. The van der Waals surface area contributed by atoms with Gasteiger partial charge >= 0.3 is 18.3 Å². The lowest BCUT2D eigenvalue weighted by Crippen LogP contribution is -2.52. The van der Waals surface area contributed by atoms with Gasteiger partial charge in [0.05, 0.1) is 0 Å². The molecule has 15 heavy (non-hydrogen) atoms. The minimum absolute atomic E-state index is 4.89. The Balaban J connectivity index is 4.94.